The van der Waals surface area contributed by atoms with Crippen molar-refractivity contribution >= 4 is 22.0 Å². The molecule has 1 atom stereocenters. The molecule has 0 amide bonds. The molecule has 3 aromatic rings. The van der Waals surface area contributed by atoms with Crippen molar-refractivity contribution in [2.45, 2.75) is 17.0 Å². The van der Waals surface area contributed by atoms with E-state index < -0.39 is 21.9 Å². The first-order chi connectivity index (χ1) is 14.1. The molecular formula is C19H19F3N4O2S2. The van der Waals surface area contributed by atoms with Gasteiger partial charge in [0.05, 0.1) is 22.9 Å². The minimum atomic E-state index is -4.38. The molecule has 0 saturated heterocycles. The lowest BCUT2D eigenvalue weighted by Gasteiger charge is -2.15. The van der Waals surface area contributed by atoms with Gasteiger partial charge in [-0.15, -0.1) is 11.8 Å². The van der Waals surface area contributed by atoms with Gasteiger partial charge in [-0.1, -0.05) is 6.07 Å². The molecule has 0 bridgehead atoms. The van der Waals surface area contributed by atoms with Crippen LogP contribution in [0.2, 0.25) is 0 Å². The summed E-state index contributed by atoms with van der Waals surface area (Å²) in [5.41, 5.74) is 0.476. The van der Waals surface area contributed by atoms with Crippen molar-refractivity contribution < 1.29 is 21.6 Å². The summed E-state index contributed by atoms with van der Waals surface area (Å²) >= 11 is 1.34. The van der Waals surface area contributed by atoms with E-state index in [1.165, 1.54) is 50.5 Å². The van der Waals surface area contributed by atoms with Crippen molar-refractivity contribution in [1.29, 1.82) is 0 Å². The average molecular weight is 457 g/mol. The van der Waals surface area contributed by atoms with Gasteiger partial charge in [0.15, 0.2) is 0 Å². The summed E-state index contributed by atoms with van der Waals surface area (Å²) in [5, 5.41) is 0. The number of aromatic nitrogens is 3. The largest absolute Gasteiger partial charge is 0.416 e. The molecule has 2 aromatic heterocycles. The number of halogens is 3. The van der Waals surface area contributed by atoms with Gasteiger partial charge < -0.3 is 0 Å². The number of nitrogens with zero attached hydrogens (tertiary/aromatic N) is 4. The average Bonchev–Trinajstić information content (AvgIpc) is 3.19. The monoisotopic (exact) mass is 456 g/mol. The lowest BCUT2D eigenvalue weighted by molar-refractivity contribution is -0.137. The van der Waals surface area contributed by atoms with Crippen LogP contribution in [0.3, 0.4) is 0 Å². The Hall–Kier alpha value is -2.37. The Balaban J connectivity index is 1.85. The predicted molar refractivity (Wildman–Crippen MR) is 108 cm³/mol. The van der Waals surface area contributed by atoms with Gasteiger partial charge in [0.25, 0.3) is 0 Å². The molecular weight excluding hydrogens is 437 g/mol. The lowest BCUT2D eigenvalue weighted by atomic mass is 10.0. The summed E-state index contributed by atoms with van der Waals surface area (Å²) in [6, 6.07) is 10.3. The van der Waals surface area contributed by atoms with E-state index in [9.17, 15) is 21.6 Å². The quantitative estimate of drug-likeness (QED) is 0.505. The van der Waals surface area contributed by atoms with Gasteiger partial charge in [0.2, 0.25) is 0 Å². The number of hydrogen-bond acceptors (Lipinski definition) is 5. The van der Waals surface area contributed by atoms with Crippen LogP contribution in [0.5, 0.6) is 0 Å². The maximum atomic E-state index is 12.8. The minimum Gasteiger partial charge on any atom is -0.261 e. The predicted octanol–water partition coefficient (Wildman–Crippen LogP) is 3.88. The molecule has 30 heavy (non-hydrogen) atoms. The number of hydrogen-bond donors (Lipinski definition) is 0. The number of pyridine rings is 1. The zero-order valence-electron chi connectivity index (χ0n) is 16.1. The van der Waals surface area contributed by atoms with Gasteiger partial charge in [-0.05, 0) is 36.4 Å². The standard InChI is InChI=1S/C19H19F3N4O2S2/c1-25(2)30(27,28)26-11-18(24-13-26)16(17-5-3-4-10-23-17)12-29-15-8-6-14(7-9-15)19(20,21)22/h3-11,13,16H,12H2,1-2H3. The Labute approximate surface area is 177 Å². The number of benzene rings is 1. The first-order valence-electron chi connectivity index (χ1n) is 8.77. The van der Waals surface area contributed by atoms with E-state index in [2.05, 4.69) is 9.97 Å². The SMILES string of the molecule is CN(C)S(=O)(=O)n1cnc(C(CSc2ccc(C(F)(F)F)cc2)c2ccccn2)c1. The summed E-state index contributed by atoms with van der Waals surface area (Å²) in [6.45, 7) is 0. The van der Waals surface area contributed by atoms with Crippen LogP contribution in [0.4, 0.5) is 13.2 Å². The van der Waals surface area contributed by atoms with Crippen molar-refractivity contribution in [3.05, 3.63) is 78.1 Å². The highest BCUT2D eigenvalue weighted by atomic mass is 32.2. The van der Waals surface area contributed by atoms with E-state index in [1.54, 1.807) is 18.3 Å². The molecule has 6 nitrogen and oxygen atoms in total. The maximum absolute atomic E-state index is 12.8. The Morgan fingerprint density at radius 1 is 1.07 bits per heavy atom. The molecule has 0 aliphatic carbocycles. The van der Waals surface area contributed by atoms with Gasteiger partial charge in [0, 0.05) is 37.1 Å². The molecule has 0 aliphatic rings. The van der Waals surface area contributed by atoms with E-state index in [0.29, 0.717) is 22.0 Å². The fraction of sp³-hybridized carbons (Fsp3) is 0.263. The third-order valence-electron chi connectivity index (χ3n) is 4.31. The number of rotatable bonds is 7. The minimum absolute atomic E-state index is 0.350. The van der Waals surface area contributed by atoms with Gasteiger partial charge >= 0.3 is 16.4 Å². The van der Waals surface area contributed by atoms with Crippen LogP contribution in [0.15, 0.2) is 66.1 Å². The molecule has 11 heteroatoms. The van der Waals surface area contributed by atoms with E-state index in [4.69, 9.17) is 0 Å². The molecule has 0 spiro atoms. The van der Waals surface area contributed by atoms with Crippen LogP contribution in [-0.2, 0) is 16.4 Å². The van der Waals surface area contributed by atoms with Crippen LogP contribution in [-0.4, -0.2) is 46.5 Å². The van der Waals surface area contributed by atoms with Crippen LogP contribution >= 0.6 is 11.8 Å². The number of alkyl halides is 3. The third kappa shape index (κ3) is 5.02. The topological polar surface area (TPSA) is 68.1 Å². The maximum Gasteiger partial charge on any atom is 0.416 e. The van der Waals surface area contributed by atoms with Crippen molar-refractivity contribution in [3.8, 4) is 0 Å². The van der Waals surface area contributed by atoms with E-state index in [0.717, 1.165) is 20.4 Å². The van der Waals surface area contributed by atoms with Crippen molar-refractivity contribution in [2.24, 2.45) is 0 Å². The fourth-order valence-corrected chi connectivity index (χ4v) is 4.45. The highest BCUT2D eigenvalue weighted by molar-refractivity contribution is 7.99. The molecule has 0 radical (unpaired) electrons. The molecule has 0 aliphatic heterocycles. The zero-order valence-corrected chi connectivity index (χ0v) is 17.7. The Morgan fingerprint density at radius 2 is 1.77 bits per heavy atom. The molecule has 0 fully saturated rings. The summed E-state index contributed by atoms with van der Waals surface area (Å²) < 4.78 is 65.0. The van der Waals surface area contributed by atoms with E-state index >= 15 is 0 Å². The number of imidazole rings is 1. The highest BCUT2D eigenvalue weighted by Gasteiger charge is 2.30. The van der Waals surface area contributed by atoms with Gasteiger partial charge in [-0.25, -0.2) is 8.96 Å². The van der Waals surface area contributed by atoms with Gasteiger partial charge in [0.1, 0.15) is 6.33 Å². The van der Waals surface area contributed by atoms with Crippen LogP contribution in [0.1, 0.15) is 22.9 Å². The highest BCUT2D eigenvalue weighted by Crippen LogP contribution is 2.33. The molecule has 3 rings (SSSR count). The molecule has 1 unspecified atom stereocenters. The van der Waals surface area contributed by atoms with Crippen LogP contribution in [0.25, 0.3) is 0 Å². The van der Waals surface area contributed by atoms with E-state index in [-0.39, 0.29) is 5.92 Å². The summed E-state index contributed by atoms with van der Waals surface area (Å²) in [5.74, 6) is 0.0682. The zero-order chi connectivity index (χ0) is 21.9. The molecule has 1 aromatic carbocycles. The summed E-state index contributed by atoms with van der Waals surface area (Å²) in [7, 11) is -0.859. The Bertz CT molecular complexity index is 1080. The van der Waals surface area contributed by atoms with Gasteiger partial charge in [-0.3, -0.25) is 4.98 Å². The fourth-order valence-electron chi connectivity index (χ4n) is 2.64. The van der Waals surface area contributed by atoms with Crippen LogP contribution in [0, 0.1) is 0 Å². The molecule has 2 heterocycles. The second-order valence-corrected chi connectivity index (χ2v) is 9.70. The Morgan fingerprint density at radius 3 is 2.33 bits per heavy atom. The summed E-state index contributed by atoms with van der Waals surface area (Å²) in [6.07, 6.45) is -0.103. The molecule has 160 valence electrons. The van der Waals surface area contributed by atoms with Crippen LogP contribution < -0.4 is 0 Å². The van der Waals surface area contributed by atoms with Crippen molar-refractivity contribution in [2.75, 3.05) is 19.8 Å². The normalized spacial score (nSPS) is 13.5. The van der Waals surface area contributed by atoms with Gasteiger partial charge in [-0.2, -0.15) is 25.9 Å². The number of thioether (sulfide) groups is 1. The second kappa shape index (κ2) is 8.78. The first kappa shape index (κ1) is 22.3. The Kier molecular flexibility index (Phi) is 6.53. The molecule has 0 saturated carbocycles. The smallest absolute Gasteiger partial charge is 0.261 e. The van der Waals surface area contributed by atoms with Crippen molar-refractivity contribution in [1.82, 2.24) is 18.2 Å². The second-order valence-electron chi connectivity index (χ2n) is 6.56. The third-order valence-corrected chi connectivity index (χ3v) is 7.07. The summed E-state index contributed by atoms with van der Waals surface area (Å²) in [4.78, 5) is 9.26. The van der Waals surface area contributed by atoms with Crippen molar-refractivity contribution in [3.63, 3.8) is 0 Å². The first-order valence-corrected chi connectivity index (χ1v) is 11.1. The lowest BCUT2D eigenvalue weighted by Crippen LogP contribution is -2.27. The molecule has 0 N–H and O–H groups in total. The van der Waals surface area contributed by atoms with E-state index in [1.807, 2.05) is 6.07 Å².